The minimum absolute atomic E-state index is 0.251. The fourth-order valence-corrected chi connectivity index (χ4v) is 5.08. The first kappa shape index (κ1) is 23.2. The number of aromatic nitrogens is 1. The van der Waals surface area contributed by atoms with Crippen molar-refractivity contribution in [2.24, 2.45) is 0 Å². The van der Waals surface area contributed by atoms with E-state index in [-0.39, 0.29) is 12.5 Å². The summed E-state index contributed by atoms with van der Waals surface area (Å²) in [7, 11) is 0. The summed E-state index contributed by atoms with van der Waals surface area (Å²) in [5, 5.41) is 5.01. The van der Waals surface area contributed by atoms with Crippen LogP contribution in [0.4, 0.5) is 5.00 Å². The second-order valence-electron chi connectivity index (χ2n) is 7.36. The number of aryl methyl sites for hydroxylation is 1. The van der Waals surface area contributed by atoms with E-state index in [1.54, 1.807) is 31.2 Å². The summed E-state index contributed by atoms with van der Waals surface area (Å²) < 4.78 is 5.20. The monoisotopic (exact) mass is 498 g/mol. The molecular weight excluding hydrogens is 479 g/mol. The standard InChI is InChI=1S/C25H20Cl2N2O3S/c1-4-32-25(31)22-13(2)14(3)33-24(22)29-23(30)18-12-21(17-10-9-15(26)11-19(17)27)28-20-8-6-5-7-16(18)20/h5-12H,4H2,1-3H3,(H,29,30). The normalized spacial score (nSPS) is 10.9. The van der Waals surface area contributed by atoms with Gasteiger partial charge in [0.15, 0.2) is 0 Å². The Bertz CT molecular complexity index is 1400. The van der Waals surface area contributed by atoms with Crippen LogP contribution in [0.5, 0.6) is 0 Å². The number of ether oxygens (including phenoxy) is 1. The number of halogens is 2. The van der Waals surface area contributed by atoms with Gasteiger partial charge in [-0.2, -0.15) is 0 Å². The minimum atomic E-state index is -0.456. The lowest BCUT2D eigenvalue weighted by Crippen LogP contribution is -2.15. The minimum Gasteiger partial charge on any atom is -0.462 e. The van der Waals surface area contributed by atoms with E-state index in [9.17, 15) is 9.59 Å². The Morgan fingerprint density at radius 3 is 2.58 bits per heavy atom. The predicted molar refractivity (Wildman–Crippen MR) is 135 cm³/mol. The number of nitrogens with one attached hydrogen (secondary N) is 1. The van der Waals surface area contributed by atoms with Crippen molar-refractivity contribution < 1.29 is 14.3 Å². The van der Waals surface area contributed by atoms with E-state index < -0.39 is 5.97 Å². The summed E-state index contributed by atoms with van der Waals surface area (Å²) in [4.78, 5) is 31.6. The topological polar surface area (TPSA) is 68.3 Å². The van der Waals surface area contributed by atoms with E-state index >= 15 is 0 Å². The van der Waals surface area contributed by atoms with Gasteiger partial charge in [-0.1, -0.05) is 41.4 Å². The predicted octanol–water partition coefficient (Wildman–Crippen LogP) is 7.32. The summed E-state index contributed by atoms with van der Waals surface area (Å²) in [6, 6.07) is 14.2. The Hall–Kier alpha value is -2.93. The molecule has 0 aliphatic carbocycles. The number of esters is 1. The number of amides is 1. The molecule has 4 rings (SSSR count). The van der Waals surface area contributed by atoms with Crippen molar-refractivity contribution in [1.29, 1.82) is 0 Å². The Morgan fingerprint density at radius 1 is 1.09 bits per heavy atom. The van der Waals surface area contributed by atoms with E-state index in [1.165, 1.54) is 11.3 Å². The van der Waals surface area contributed by atoms with Crippen LogP contribution in [-0.2, 0) is 4.74 Å². The molecule has 0 saturated carbocycles. The van der Waals surface area contributed by atoms with Crippen LogP contribution in [0, 0.1) is 13.8 Å². The first-order valence-electron chi connectivity index (χ1n) is 10.2. The number of carbonyl (C=O) groups excluding carboxylic acids is 2. The zero-order chi connectivity index (χ0) is 23.7. The van der Waals surface area contributed by atoms with Crippen LogP contribution in [0.2, 0.25) is 10.0 Å². The summed E-state index contributed by atoms with van der Waals surface area (Å²) >= 11 is 13.8. The molecule has 8 heteroatoms. The molecule has 33 heavy (non-hydrogen) atoms. The van der Waals surface area contributed by atoms with Crippen LogP contribution in [0.1, 0.15) is 38.1 Å². The highest BCUT2D eigenvalue weighted by molar-refractivity contribution is 7.16. The molecule has 1 N–H and O–H groups in total. The van der Waals surface area contributed by atoms with Crippen molar-refractivity contribution in [3.05, 3.63) is 80.1 Å². The third-order valence-corrected chi connectivity index (χ3v) is 6.93. The van der Waals surface area contributed by atoms with Gasteiger partial charge in [0.1, 0.15) is 5.00 Å². The summed E-state index contributed by atoms with van der Waals surface area (Å²) in [6.45, 7) is 5.75. The quantitative estimate of drug-likeness (QED) is 0.292. The largest absolute Gasteiger partial charge is 0.462 e. The van der Waals surface area contributed by atoms with E-state index in [0.717, 1.165) is 10.4 Å². The first-order valence-corrected chi connectivity index (χ1v) is 11.8. The lowest BCUT2D eigenvalue weighted by molar-refractivity contribution is 0.0527. The van der Waals surface area contributed by atoms with Crippen molar-refractivity contribution in [2.75, 3.05) is 11.9 Å². The molecule has 0 bridgehead atoms. The highest BCUT2D eigenvalue weighted by Gasteiger charge is 2.23. The number of nitrogens with zero attached hydrogens (tertiary/aromatic N) is 1. The third-order valence-electron chi connectivity index (χ3n) is 5.26. The molecule has 0 aliphatic rings. The van der Waals surface area contributed by atoms with Gasteiger partial charge in [-0.3, -0.25) is 4.79 Å². The van der Waals surface area contributed by atoms with E-state index in [1.807, 2.05) is 38.1 Å². The van der Waals surface area contributed by atoms with E-state index in [0.29, 0.717) is 48.3 Å². The smallest absolute Gasteiger partial charge is 0.341 e. The third kappa shape index (κ3) is 4.60. The summed E-state index contributed by atoms with van der Waals surface area (Å²) in [5.74, 6) is -0.811. The van der Waals surface area contributed by atoms with Crippen molar-refractivity contribution in [3.8, 4) is 11.3 Å². The highest BCUT2D eigenvalue weighted by atomic mass is 35.5. The second kappa shape index (κ2) is 9.51. The molecule has 0 unspecified atom stereocenters. The maximum atomic E-state index is 13.5. The van der Waals surface area contributed by atoms with Gasteiger partial charge >= 0.3 is 5.97 Å². The molecule has 2 heterocycles. The van der Waals surface area contributed by atoms with Crippen molar-refractivity contribution in [2.45, 2.75) is 20.8 Å². The van der Waals surface area contributed by atoms with Crippen LogP contribution < -0.4 is 5.32 Å². The Kier molecular flexibility index (Phi) is 6.70. The van der Waals surface area contributed by atoms with Crippen LogP contribution in [-0.4, -0.2) is 23.5 Å². The first-order chi connectivity index (χ1) is 15.8. The number of pyridine rings is 1. The number of benzene rings is 2. The number of carbonyl (C=O) groups is 2. The van der Waals surface area contributed by atoms with Gasteiger partial charge in [0, 0.05) is 20.8 Å². The Labute approximate surface area is 205 Å². The van der Waals surface area contributed by atoms with Gasteiger partial charge in [0.25, 0.3) is 5.91 Å². The molecule has 2 aromatic carbocycles. The van der Waals surface area contributed by atoms with Gasteiger partial charge in [0.05, 0.1) is 34.0 Å². The molecule has 5 nitrogen and oxygen atoms in total. The van der Waals surface area contributed by atoms with Gasteiger partial charge < -0.3 is 10.1 Å². The Morgan fingerprint density at radius 2 is 1.85 bits per heavy atom. The molecule has 0 atom stereocenters. The maximum absolute atomic E-state index is 13.5. The summed E-state index contributed by atoms with van der Waals surface area (Å²) in [6.07, 6.45) is 0. The second-order valence-corrected chi connectivity index (χ2v) is 9.43. The molecular formula is C25H20Cl2N2O3S. The van der Waals surface area contributed by atoms with Gasteiger partial charge in [-0.25, -0.2) is 9.78 Å². The van der Waals surface area contributed by atoms with Crippen LogP contribution in [0.25, 0.3) is 22.2 Å². The number of thiophene rings is 1. The molecule has 0 saturated heterocycles. The fourth-order valence-electron chi connectivity index (χ4n) is 3.53. The van der Waals surface area contributed by atoms with Gasteiger partial charge in [-0.15, -0.1) is 11.3 Å². The van der Waals surface area contributed by atoms with Gasteiger partial charge in [0.2, 0.25) is 0 Å². The number of hydrogen-bond acceptors (Lipinski definition) is 5. The van der Waals surface area contributed by atoms with Crippen LogP contribution in [0.15, 0.2) is 48.5 Å². The van der Waals surface area contributed by atoms with Crippen molar-refractivity contribution in [3.63, 3.8) is 0 Å². The molecule has 2 aromatic heterocycles. The van der Waals surface area contributed by atoms with E-state index in [4.69, 9.17) is 32.9 Å². The van der Waals surface area contributed by atoms with E-state index in [2.05, 4.69) is 5.32 Å². The zero-order valence-electron chi connectivity index (χ0n) is 18.2. The molecule has 1 amide bonds. The average Bonchev–Trinajstić information content (AvgIpc) is 3.06. The number of fused-ring (bicyclic) bond motifs is 1. The SMILES string of the molecule is CCOC(=O)c1c(NC(=O)c2cc(-c3ccc(Cl)cc3Cl)nc3ccccc23)sc(C)c1C. The van der Waals surface area contributed by atoms with Crippen molar-refractivity contribution in [1.82, 2.24) is 4.98 Å². The van der Waals surface area contributed by atoms with Crippen molar-refractivity contribution >= 4 is 62.3 Å². The molecule has 0 spiro atoms. The fraction of sp³-hybridized carbons (Fsp3) is 0.160. The average molecular weight is 499 g/mol. The highest BCUT2D eigenvalue weighted by Crippen LogP contribution is 2.35. The molecule has 0 aliphatic heterocycles. The zero-order valence-corrected chi connectivity index (χ0v) is 20.5. The molecule has 0 radical (unpaired) electrons. The number of anilines is 1. The number of hydrogen-bond donors (Lipinski definition) is 1. The number of rotatable bonds is 5. The molecule has 4 aromatic rings. The van der Waals surface area contributed by atoms with Crippen LogP contribution in [0.3, 0.4) is 0 Å². The maximum Gasteiger partial charge on any atom is 0.341 e. The van der Waals surface area contributed by atoms with Gasteiger partial charge in [-0.05, 0) is 56.7 Å². The lowest BCUT2D eigenvalue weighted by Gasteiger charge is -2.12. The molecule has 0 fully saturated rings. The Balaban J connectivity index is 1.81. The van der Waals surface area contributed by atoms with Crippen LogP contribution >= 0.6 is 34.5 Å². The number of para-hydroxylation sites is 1. The molecule has 168 valence electrons. The lowest BCUT2D eigenvalue weighted by atomic mass is 10.0. The summed E-state index contributed by atoms with van der Waals surface area (Å²) in [5.41, 5.74) is 3.45.